The first kappa shape index (κ1) is 10.9. The fraction of sp³-hybridized carbons (Fsp3) is 0. The monoisotopic (exact) mass is 357 g/mol. The number of hydrogen-bond donors (Lipinski definition) is 0. The van der Waals surface area contributed by atoms with Gasteiger partial charge in [0.2, 0.25) is 0 Å². The van der Waals surface area contributed by atoms with Gasteiger partial charge in [-0.2, -0.15) is 0 Å². The molecule has 3 rings (SSSR count). The van der Waals surface area contributed by atoms with Crippen LogP contribution in [0.15, 0.2) is 44.5 Å². The molecule has 0 aliphatic carbocycles. The Morgan fingerprint density at radius 2 is 2.06 bits per heavy atom. The molecule has 0 N–H and O–H groups in total. The van der Waals surface area contributed by atoms with Gasteiger partial charge in [-0.3, -0.25) is 0 Å². The van der Waals surface area contributed by atoms with Crippen molar-refractivity contribution in [1.82, 2.24) is 15.2 Å². The molecule has 4 nitrogen and oxygen atoms in total. The summed E-state index contributed by atoms with van der Waals surface area (Å²) in [6.07, 6.45) is 7.51. The van der Waals surface area contributed by atoms with E-state index in [-0.39, 0.29) is 15.0 Å². The maximum absolute atomic E-state index is 5.65. The Hall–Kier alpha value is -1.23. The van der Waals surface area contributed by atoms with Crippen molar-refractivity contribution >= 4 is 35.4 Å². The normalized spacial score (nSPS) is 17.0. The average Bonchev–Trinajstić information content (AvgIpc) is 2.98. The summed E-state index contributed by atoms with van der Waals surface area (Å²) in [5.41, 5.74) is 0.844. The predicted molar refractivity (Wildman–Crippen MR) is 71.1 cm³/mol. The van der Waals surface area contributed by atoms with E-state index in [1.54, 1.807) is 12.4 Å². The van der Waals surface area contributed by atoms with Crippen molar-refractivity contribution in [1.29, 1.82) is 0 Å². The van der Waals surface area contributed by atoms with Crippen LogP contribution in [-0.2, 0) is 0 Å². The zero-order valence-corrected chi connectivity index (χ0v) is 12.3. The molecule has 0 saturated heterocycles. The molecule has 1 aliphatic heterocycles. The molecule has 0 amide bonds. The number of nitrogens with zero attached hydrogens (tertiary/aromatic N) is 3. The summed E-state index contributed by atoms with van der Waals surface area (Å²) in [4.78, 5) is 4.03. The van der Waals surface area contributed by atoms with Crippen molar-refractivity contribution in [2.45, 2.75) is 0 Å². The molecule has 6 heteroatoms. The van der Waals surface area contributed by atoms with E-state index in [0.717, 1.165) is 10.0 Å². The summed E-state index contributed by atoms with van der Waals surface area (Å²) in [6, 6.07) is 3.75. The number of rotatable bonds is 2. The summed E-state index contributed by atoms with van der Waals surface area (Å²) < 4.78 is 8.04. The molecule has 1 aliphatic rings. The minimum absolute atomic E-state index is 0.331. The van der Waals surface area contributed by atoms with Gasteiger partial charge < -0.3 is 0 Å². The van der Waals surface area contributed by atoms with Gasteiger partial charge in [-0.15, -0.1) is 0 Å². The van der Waals surface area contributed by atoms with E-state index in [1.807, 2.05) is 24.3 Å². The SMILES string of the molecule is BrC1=CC=C(c2nnc(-c3cccnc3)o2)[SeH2]1. The molecule has 2 aromatic heterocycles. The molecule has 0 spiro atoms. The maximum atomic E-state index is 5.65. The Morgan fingerprint density at radius 3 is 2.76 bits per heavy atom. The van der Waals surface area contributed by atoms with Gasteiger partial charge in [0.25, 0.3) is 0 Å². The van der Waals surface area contributed by atoms with Gasteiger partial charge in [0.05, 0.1) is 0 Å². The Morgan fingerprint density at radius 1 is 1.18 bits per heavy atom. The number of halogens is 1. The van der Waals surface area contributed by atoms with Crippen LogP contribution in [0.25, 0.3) is 15.9 Å². The zero-order valence-electron chi connectivity index (χ0n) is 8.59. The third-order valence-corrected chi connectivity index (χ3v) is 5.72. The molecular formula is C11H8BrN3OSe. The van der Waals surface area contributed by atoms with Gasteiger partial charge in [0.1, 0.15) is 0 Å². The van der Waals surface area contributed by atoms with Gasteiger partial charge in [0.15, 0.2) is 0 Å². The van der Waals surface area contributed by atoms with Crippen LogP contribution < -0.4 is 0 Å². The van der Waals surface area contributed by atoms with Crippen LogP contribution in [0.5, 0.6) is 0 Å². The fourth-order valence-electron chi connectivity index (χ4n) is 1.43. The molecule has 2 aromatic rings. The summed E-state index contributed by atoms with van der Waals surface area (Å²) in [5.74, 6) is 1.14. The van der Waals surface area contributed by atoms with Crippen LogP contribution in [0, 0.1) is 0 Å². The number of aromatic nitrogens is 3. The van der Waals surface area contributed by atoms with Crippen LogP contribution in [0.4, 0.5) is 0 Å². The molecule has 0 aromatic carbocycles. The van der Waals surface area contributed by atoms with Crippen LogP contribution in [0.2, 0.25) is 0 Å². The van der Waals surface area contributed by atoms with Crippen LogP contribution >= 0.6 is 15.9 Å². The molecule has 0 atom stereocenters. The Balaban J connectivity index is 1.90. The van der Waals surface area contributed by atoms with Crippen LogP contribution in [-0.4, -0.2) is 30.1 Å². The topological polar surface area (TPSA) is 51.8 Å². The van der Waals surface area contributed by atoms with Crippen molar-refractivity contribution in [3.05, 3.63) is 45.9 Å². The molecule has 0 saturated carbocycles. The number of pyridine rings is 1. The standard InChI is InChI=1S/C11H8BrN3OSe/c12-9-4-3-8(17-9)11-15-14-10(16-11)7-2-1-5-13-6-7/h1-6H,17H2. The van der Waals surface area contributed by atoms with Crippen molar-refractivity contribution in [2.24, 2.45) is 0 Å². The average molecular weight is 357 g/mol. The molecule has 0 fully saturated rings. The quantitative estimate of drug-likeness (QED) is 0.771. The van der Waals surface area contributed by atoms with E-state index < -0.39 is 0 Å². The van der Waals surface area contributed by atoms with Crippen molar-refractivity contribution < 1.29 is 4.42 Å². The van der Waals surface area contributed by atoms with Gasteiger partial charge in [-0.25, -0.2) is 0 Å². The molecule has 0 unspecified atom stereocenters. The van der Waals surface area contributed by atoms with E-state index in [2.05, 4.69) is 31.1 Å². The van der Waals surface area contributed by atoms with Crippen molar-refractivity contribution in [2.75, 3.05) is 0 Å². The third-order valence-electron chi connectivity index (χ3n) is 2.21. The van der Waals surface area contributed by atoms with E-state index in [1.165, 1.54) is 3.38 Å². The first-order valence-corrected chi connectivity index (χ1v) is 7.81. The molecular weight excluding hydrogens is 349 g/mol. The molecule has 17 heavy (non-hydrogen) atoms. The summed E-state index contributed by atoms with van der Waals surface area (Å²) in [5, 5.41) is 8.11. The van der Waals surface area contributed by atoms with E-state index in [4.69, 9.17) is 4.42 Å². The minimum atomic E-state index is -0.331. The van der Waals surface area contributed by atoms with E-state index in [9.17, 15) is 0 Å². The summed E-state index contributed by atoms with van der Waals surface area (Å²) in [7, 11) is 0. The van der Waals surface area contributed by atoms with Gasteiger partial charge in [-0.1, -0.05) is 0 Å². The van der Waals surface area contributed by atoms with Gasteiger partial charge >= 0.3 is 112 Å². The Bertz CT molecular complexity index is 606. The van der Waals surface area contributed by atoms with E-state index in [0.29, 0.717) is 11.8 Å². The van der Waals surface area contributed by atoms with Crippen LogP contribution in [0.3, 0.4) is 0 Å². The Kier molecular flexibility index (Phi) is 2.92. The third kappa shape index (κ3) is 2.24. The van der Waals surface area contributed by atoms with Crippen molar-refractivity contribution in [3.63, 3.8) is 0 Å². The number of hydrogen-bond acceptors (Lipinski definition) is 4. The molecule has 86 valence electrons. The fourth-order valence-corrected chi connectivity index (χ4v) is 4.35. The van der Waals surface area contributed by atoms with Crippen LogP contribution in [0.1, 0.15) is 5.89 Å². The van der Waals surface area contributed by atoms with Gasteiger partial charge in [-0.05, 0) is 0 Å². The van der Waals surface area contributed by atoms with E-state index >= 15 is 0 Å². The molecule has 3 heterocycles. The first-order valence-electron chi connectivity index (χ1n) is 4.92. The second-order valence-electron chi connectivity index (χ2n) is 3.37. The van der Waals surface area contributed by atoms with Gasteiger partial charge in [0, 0.05) is 0 Å². The predicted octanol–water partition coefficient (Wildman–Crippen LogP) is 1.89. The number of allylic oxidation sites excluding steroid dienone is 2. The second-order valence-corrected chi connectivity index (χ2v) is 8.55. The molecule has 0 bridgehead atoms. The zero-order chi connectivity index (χ0) is 11.7. The second kappa shape index (κ2) is 4.56. The first-order chi connectivity index (χ1) is 8.33. The molecule has 0 radical (unpaired) electrons. The summed E-state index contributed by atoms with van der Waals surface area (Å²) in [6.45, 7) is 0. The van der Waals surface area contributed by atoms with Crippen molar-refractivity contribution in [3.8, 4) is 11.5 Å². The Labute approximate surface area is 112 Å². The summed E-state index contributed by atoms with van der Waals surface area (Å²) >= 11 is 3.16.